The number of aromatic nitrogens is 3. The number of ether oxygens (including phenoxy) is 1. The van der Waals surface area contributed by atoms with Gasteiger partial charge in [-0.05, 0) is 29.8 Å². The molecule has 0 saturated carbocycles. The topological polar surface area (TPSA) is 56.3 Å². The molecule has 0 radical (unpaired) electrons. The van der Waals surface area contributed by atoms with Crippen LogP contribution in [-0.4, -0.2) is 45.7 Å². The molecule has 1 aliphatic heterocycles. The molecule has 5 rings (SSSR count). The zero-order valence-electron chi connectivity index (χ0n) is 15.6. The molecule has 0 spiro atoms. The van der Waals surface area contributed by atoms with E-state index in [-0.39, 0.29) is 0 Å². The number of morpholine rings is 1. The van der Waals surface area contributed by atoms with Crippen LogP contribution in [0.5, 0.6) is 0 Å². The largest absolute Gasteiger partial charge is 0.444 e. The minimum Gasteiger partial charge on any atom is -0.444 e. The van der Waals surface area contributed by atoms with Gasteiger partial charge in [-0.3, -0.25) is 4.90 Å². The quantitative estimate of drug-likeness (QED) is 0.534. The van der Waals surface area contributed by atoms with Gasteiger partial charge in [0.2, 0.25) is 5.89 Å². The third-order valence-corrected chi connectivity index (χ3v) is 5.12. The van der Waals surface area contributed by atoms with E-state index < -0.39 is 0 Å². The molecule has 0 bridgehead atoms. The van der Waals surface area contributed by atoms with Crippen molar-refractivity contribution in [3.63, 3.8) is 0 Å². The first-order chi connectivity index (χ1) is 13.8. The number of imidazole rings is 1. The zero-order valence-corrected chi connectivity index (χ0v) is 15.6. The van der Waals surface area contributed by atoms with Crippen molar-refractivity contribution in [2.45, 2.75) is 13.1 Å². The molecule has 3 heterocycles. The van der Waals surface area contributed by atoms with Gasteiger partial charge in [0.1, 0.15) is 6.26 Å². The van der Waals surface area contributed by atoms with Gasteiger partial charge in [-0.1, -0.05) is 24.3 Å². The first-order valence-electron chi connectivity index (χ1n) is 9.59. The minimum atomic E-state index is 0.669. The Kier molecular flexibility index (Phi) is 4.64. The van der Waals surface area contributed by atoms with Gasteiger partial charge in [0.25, 0.3) is 0 Å². The lowest BCUT2D eigenvalue weighted by atomic mass is 10.1. The maximum atomic E-state index is 5.71. The molecular weight excluding hydrogens is 352 g/mol. The Bertz CT molecular complexity index is 1060. The third kappa shape index (κ3) is 3.56. The van der Waals surface area contributed by atoms with Crippen LogP contribution in [0.2, 0.25) is 0 Å². The number of hydrogen-bond donors (Lipinski definition) is 0. The second-order valence-corrected chi connectivity index (χ2v) is 7.09. The molecule has 0 amide bonds. The highest BCUT2D eigenvalue weighted by molar-refractivity contribution is 5.75. The highest BCUT2D eigenvalue weighted by atomic mass is 16.5. The molecule has 0 N–H and O–H groups in total. The lowest BCUT2D eigenvalue weighted by Gasteiger charge is -2.25. The molecule has 6 heteroatoms. The SMILES string of the molecule is c1ccc2c(c1)ncn2Cc1ccc(-c2nc(CN3CCOCC3)co2)cc1. The Morgan fingerprint density at radius 2 is 1.75 bits per heavy atom. The molecule has 28 heavy (non-hydrogen) atoms. The van der Waals surface area contributed by atoms with E-state index in [9.17, 15) is 0 Å². The molecule has 4 aromatic rings. The monoisotopic (exact) mass is 374 g/mol. The summed E-state index contributed by atoms with van der Waals surface area (Å²) in [5, 5.41) is 0. The highest BCUT2D eigenvalue weighted by Crippen LogP contribution is 2.21. The molecule has 2 aromatic heterocycles. The normalized spacial score (nSPS) is 15.3. The molecule has 0 aliphatic carbocycles. The van der Waals surface area contributed by atoms with Gasteiger partial charge in [0.05, 0.1) is 36.3 Å². The van der Waals surface area contributed by atoms with Gasteiger partial charge in [-0.25, -0.2) is 9.97 Å². The van der Waals surface area contributed by atoms with Gasteiger partial charge in [0.15, 0.2) is 0 Å². The molecule has 0 atom stereocenters. The Hall–Kier alpha value is -2.96. The predicted molar refractivity (Wildman–Crippen MR) is 107 cm³/mol. The van der Waals surface area contributed by atoms with Gasteiger partial charge in [0, 0.05) is 31.7 Å². The summed E-state index contributed by atoms with van der Waals surface area (Å²) in [7, 11) is 0. The molecule has 2 aromatic carbocycles. The van der Waals surface area contributed by atoms with E-state index in [2.05, 4.69) is 49.8 Å². The van der Waals surface area contributed by atoms with Crippen LogP contribution < -0.4 is 0 Å². The Balaban J connectivity index is 1.28. The fraction of sp³-hybridized carbons (Fsp3) is 0.273. The molecule has 0 unspecified atom stereocenters. The maximum absolute atomic E-state index is 5.71. The number of fused-ring (bicyclic) bond motifs is 1. The molecule has 1 aliphatic rings. The molecule has 6 nitrogen and oxygen atoms in total. The standard InChI is InChI=1S/C22H22N4O2/c1-2-4-21-20(3-1)23-16-26(21)13-17-5-7-18(8-6-17)22-24-19(15-28-22)14-25-9-11-27-12-10-25/h1-8,15-16H,9-14H2. The number of para-hydroxylation sites is 2. The van der Waals surface area contributed by atoms with Crippen molar-refractivity contribution < 1.29 is 9.15 Å². The second-order valence-electron chi connectivity index (χ2n) is 7.09. The summed E-state index contributed by atoms with van der Waals surface area (Å²) in [5.74, 6) is 0.669. The first-order valence-corrected chi connectivity index (χ1v) is 9.59. The van der Waals surface area contributed by atoms with Crippen molar-refractivity contribution in [1.29, 1.82) is 0 Å². The number of oxazole rings is 1. The number of benzene rings is 2. The van der Waals surface area contributed by atoms with Crippen LogP contribution in [0.25, 0.3) is 22.5 Å². The van der Waals surface area contributed by atoms with Crippen LogP contribution in [0.1, 0.15) is 11.3 Å². The third-order valence-electron chi connectivity index (χ3n) is 5.12. The first kappa shape index (κ1) is 17.2. The van der Waals surface area contributed by atoms with E-state index in [1.165, 1.54) is 5.56 Å². The van der Waals surface area contributed by atoms with Gasteiger partial charge in [-0.15, -0.1) is 0 Å². The lowest BCUT2D eigenvalue weighted by molar-refractivity contribution is 0.0336. The van der Waals surface area contributed by atoms with E-state index in [0.29, 0.717) is 5.89 Å². The van der Waals surface area contributed by atoms with Gasteiger partial charge < -0.3 is 13.7 Å². The van der Waals surface area contributed by atoms with E-state index in [4.69, 9.17) is 9.15 Å². The van der Waals surface area contributed by atoms with Crippen molar-refractivity contribution in [3.05, 3.63) is 72.4 Å². The number of hydrogen-bond acceptors (Lipinski definition) is 5. The predicted octanol–water partition coefficient (Wildman–Crippen LogP) is 3.57. The molecule has 1 fully saturated rings. The second kappa shape index (κ2) is 7.58. The lowest BCUT2D eigenvalue weighted by Crippen LogP contribution is -2.35. The van der Waals surface area contributed by atoms with Crippen LogP contribution in [-0.2, 0) is 17.8 Å². The summed E-state index contributed by atoms with van der Waals surface area (Å²) >= 11 is 0. The summed E-state index contributed by atoms with van der Waals surface area (Å²) < 4.78 is 13.3. The zero-order chi connectivity index (χ0) is 18.8. The van der Waals surface area contributed by atoms with Gasteiger partial charge in [-0.2, -0.15) is 0 Å². The van der Waals surface area contributed by atoms with Crippen molar-refractivity contribution in [2.24, 2.45) is 0 Å². The summed E-state index contributed by atoms with van der Waals surface area (Å²) in [4.78, 5) is 11.5. The average molecular weight is 374 g/mol. The van der Waals surface area contributed by atoms with Crippen LogP contribution in [0, 0.1) is 0 Å². The van der Waals surface area contributed by atoms with E-state index in [1.54, 1.807) is 6.26 Å². The van der Waals surface area contributed by atoms with E-state index in [1.807, 2.05) is 24.5 Å². The fourth-order valence-corrected chi connectivity index (χ4v) is 3.59. The number of rotatable bonds is 5. The van der Waals surface area contributed by atoms with Crippen molar-refractivity contribution in [1.82, 2.24) is 19.4 Å². The Morgan fingerprint density at radius 3 is 2.61 bits per heavy atom. The highest BCUT2D eigenvalue weighted by Gasteiger charge is 2.14. The number of nitrogens with zero attached hydrogens (tertiary/aromatic N) is 4. The minimum absolute atomic E-state index is 0.669. The Labute approximate surface area is 163 Å². The summed E-state index contributed by atoms with van der Waals surface area (Å²) in [6.45, 7) is 5.06. The summed E-state index contributed by atoms with van der Waals surface area (Å²) in [6.07, 6.45) is 3.65. The Morgan fingerprint density at radius 1 is 0.929 bits per heavy atom. The summed E-state index contributed by atoms with van der Waals surface area (Å²) in [5.41, 5.74) is 5.34. The van der Waals surface area contributed by atoms with Crippen LogP contribution in [0.3, 0.4) is 0 Å². The summed E-state index contributed by atoms with van der Waals surface area (Å²) in [6, 6.07) is 16.6. The maximum Gasteiger partial charge on any atom is 0.226 e. The fourth-order valence-electron chi connectivity index (χ4n) is 3.59. The van der Waals surface area contributed by atoms with Gasteiger partial charge >= 0.3 is 0 Å². The van der Waals surface area contributed by atoms with Crippen LogP contribution >= 0.6 is 0 Å². The van der Waals surface area contributed by atoms with Crippen molar-refractivity contribution in [3.8, 4) is 11.5 Å². The smallest absolute Gasteiger partial charge is 0.226 e. The molecular formula is C22H22N4O2. The van der Waals surface area contributed by atoms with Crippen LogP contribution in [0.4, 0.5) is 0 Å². The molecule has 142 valence electrons. The molecule has 1 saturated heterocycles. The van der Waals surface area contributed by atoms with Crippen molar-refractivity contribution in [2.75, 3.05) is 26.3 Å². The van der Waals surface area contributed by atoms with Crippen LogP contribution in [0.15, 0.2) is 65.5 Å². The van der Waals surface area contributed by atoms with E-state index >= 15 is 0 Å². The van der Waals surface area contributed by atoms with Crippen molar-refractivity contribution >= 4 is 11.0 Å². The van der Waals surface area contributed by atoms with E-state index in [0.717, 1.165) is 61.7 Å². The average Bonchev–Trinajstić information content (AvgIpc) is 3.37.